The molecule has 0 aliphatic rings. The second kappa shape index (κ2) is 7.86. The summed E-state index contributed by atoms with van der Waals surface area (Å²) >= 11 is 3.26. The fourth-order valence-corrected chi connectivity index (χ4v) is 1.94. The molecule has 0 aliphatic heterocycles. The molecule has 0 saturated heterocycles. The number of carbonyl (C=O) groups is 2. The van der Waals surface area contributed by atoms with Crippen molar-refractivity contribution in [2.24, 2.45) is 0 Å². The zero-order valence-corrected chi connectivity index (χ0v) is 13.0. The Morgan fingerprint density at radius 1 is 1.45 bits per heavy atom. The lowest BCUT2D eigenvalue weighted by molar-refractivity contribution is -0.122. The van der Waals surface area contributed by atoms with Crippen LogP contribution in [-0.4, -0.2) is 38.1 Å². The van der Waals surface area contributed by atoms with Gasteiger partial charge in [-0.2, -0.15) is 0 Å². The number of amides is 2. The van der Waals surface area contributed by atoms with Crippen LogP contribution in [0.4, 0.5) is 5.69 Å². The first-order chi connectivity index (χ1) is 9.47. The average molecular weight is 344 g/mol. The van der Waals surface area contributed by atoms with E-state index < -0.39 is 6.04 Å². The molecule has 0 heterocycles. The van der Waals surface area contributed by atoms with E-state index in [0.717, 1.165) is 0 Å². The van der Waals surface area contributed by atoms with Crippen LogP contribution in [0.3, 0.4) is 0 Å². The van der Waals surface area contributed by atoms with Gasteiger partial charge in [-0.15, -0.1) is 0 Å². The number of carbonyl (C=O) groups excluding carboxylic acids is 2. The van der Waals surface area contributed by atoms with Crippen LogP contribution >= 0.6 is 15.9 Å². The van der Waals surface area contributed by atoms with Crippen LogP contribution in [-0.2, 0) is 9.53 Å². The van der Waals surface area contributed by atoms with E-state index in [1.54, 1.807) is 32.2 Å². The van der Waals surface area contributed by atoms with Crippen molar-refractivity contribution in [1.29, 1.82) is 0 Å². The first-order valence-electron chi connectivity index (χ1n) is 6.09. The minimum atomic E-state index is -0.646. The number of halogens is 1. The standard InChI is InChI=1S/C13H18BrN3O3/c1-8(12(18)16-6-7-20-2)17-13(19)9-4-3-5-10(15)11(9)14/h3-5,8H,6-7,15H2,1-2H3,(H,16,18)(H,17,19). The minimum Gasteiger partial charge on any atom is -0.398 e. The molecule has 1 unspecified atom stereocenters. The predicted octanol–water partition coefficient (Wildman–Crippen LogP) is 0.912. The number of nitrogens with one attached hydrogen (secondary N) is 2. The Bertz CT molecular complexity index is 494. The Balaban J connectivity index is 2.61. The molecule has 2 amide bonds. The van der Waals surface area contributed by atoms with Gasteiger partial charge in [0.1, 0.15) is 6.04 Å². The van der Waals surface area contributed by atoms with Gasteiger partial charge in [-0.3, -0.25) is 9.59 Å². The van der Waals surface area contributed by atoms with E-state index in [9.17, 15) is 9.59 Å². The molecule has 6 nitrogen and oxygen atoms in total. The van der Waals surface area contributed by atoms with Gasteiger partial charge in [-0.05, 0) is 35.0 Å². The molecule has 0 aliphatic carbocycles. The summed E-state index contributed by atoms with van der Waals surface area (Å²) in [4.78, 5) is 23.8. The molecule has 1 rings (SSSR count). The Hall–Kier alpha value is -1.60. The number of rotatable bonds is 6. The third kappa shape index (κ3) is 4.50. The molecule has 1 aromatic rings. The molecule has 0 saturated carbocycles. The fraction of sp³-hybridized carbons (Fsp3) is 0.385. The van der Waals surface area contributed by atoms with E-state index in [4.69, 9.17) is 10.5 Å². The molecule has 0 bridgehead atoms. The molecule has 0 radical (unpaired) electrons. The van der Waals surface area contributed by atoms with Crippen molar-refractivity contribution in [2.75, 3.05) is 26.0 Å². The highest BCUT2D eigenvalue weighted by molar-refractivity contribution is 9.10. The molecule has 4 N–H and O–H groups in total. The second-order valence-corrected chi connectivity index (χ2v) is 4.98. The molecule has 20 heavy (non-hydrogen) atoms. The zero-order chi connectivity index (χ0) is 15.1. The lowest BCUT2D eigenvalue weighted by Crippen LogP contribution is -2.45. The van der Waals surface area contributed by atoms with Gasteiger partial charge in [0.15, 0.2) is 0 Å². The van der Waals surface area contributed by atoms with Crippen molar-refractivity contribution in [3.05, 3.63) is 28.2 Å². The second-order valence-electron chi connectivity index (χ2n) is 4.19. The first kappa shape index (κ1) is 16.5. The normalized spacial score (nSPS) is 11.8. The van der Waals surface area contributed by atoms with Crippen molar-refractivity contribution in [3.63, 3.8) is 0 Å². The molecule has 0 fully saturated rings. The van der Waals surface area contributed by atoms with Crippen molar-refractivity contribution in [1.82, 2.24) is 10.6 Å². The Labute approximate surface area is 126 Å². The van der Waals surface area contributed by atoms with Crippen LogP contribution in [0.5, 0.6) is 0 Å². The van der Waals surface area contributed by atoms with Crippen LogP contribution in [0.1, 0.15) is 17.3 Å². The highest BCUT2D eigenvalue weighted by Crippen LogP contribution is 2.23. The van der Waals surface area contributed by atoms with Gasteiger partial charge in [-0.1, -0.05) is 6.07 Å². The van der Waals surface area contributed by atoms with Gasteiger partial charge in [0.05, 0.1) is 16.6 Å². The predicted molar refractivity (Wildman–Crippen MR) is 80.4 cm³/mol. The topological polar surface area (TPSA) is 93.5 Å². The van der Waals surface area contributed by atoms with Gasteiger partial charge in [0, 0.05) is 19.3 Å². The molecule has 1 atom stereocenters. The van der Waals surface area contributed by atoms with Crippen LogP contribution in [0.25, 0.3) is 0 Å². The van der Waals surface area contributed by atoms with Gasteiger partial charge < -0.3 is 21.1 Å². The summed E-state index contributed by atoms with van der Waals surface area (Å²) in [5, 5.41) is 5.26. The fourth-order valence-electron chi connectivity index (χ4n) is 1.49. The van der Waals surface area contributed by atoms with E-state index in [1.807, 2.05) is 0 Å². The zero-order valence-electron chi connectivity index (χ0n) is 11.4. The van der Waals surface area contributed by atoms with Crippen LogP contribution < -0.4 is 16.4 Å². The Morgan fingerprint density at radius 3 is 2.80 bits per heavy atom. The molecular weight excluding hydrogens is 326 g/mol. The van der Waals surface area contributed by atoms with E-state index in [-0.39, 0.29) is 11.8 Å². The quantitative estimate of drug-likeness (QED) is 0.528. The highest BCUT2D eigenvalue weighted by Gasteiger charge is 2.18. The number of anilines is 1. The van der Waals surface area contributed by atoms with Gasteiger partial charge >= 0.3 is 0 Å². The molecular formula is C13H18BrN3O3. The maximum absolute atomic E-state index is 12.1. The highest BCUT2D eigenvalue weighted by atomic mass is 79.9. The number of hydrogen-bond donors (Lipinski definition) is 3. The Kier molecular flexibility index (Phi) is 6.47. The number of benzene rings is 1. The van der Waals surface area contributed by atoms with Crippen molar-refractivity contribution in [3.8, 4) is 0 Å². The molecule has 0 spiro atoms. The summed E-state index contributed by atoms with van der Waals surface area (Å²) in [6.07, 6.45) is 0. The molecule has 0 aromatic heterocycles. The maximum atomic E-state index is 12.1. The third-order valence-corrected chi connectivity index (χ3v) is 3.50. The lowest BCUT2D eigenvalue weighted by Gasteiger charge is -2.15. The number of ether oxygens (including phenoxy) is 1. The summed E-state index contributed by atoms with van der Waals surface area (Å²) in [6, 6.07) is 4.35. The van der Waals surface area contributed by atoms with Crippen LogP contribution in [0.15, 0.2) is 22.7 Å². The summed E-state index contributed by atoms with van der Waals surface area (Å²) < 4.78 is 5.35. The largest absolute Gasteiger partial charge is 0.398 e. The van der Waals surface area contributed by atoms with Crippen LogP contribution in [0, 0.1) is 0 Å². The van der Waals surface area contributed by atoms with Gasteiger partial charge in [0.2, 0.25) is 5.91 Å². The Morgan fingerprint density at radius 2 is 2.15 bits per heavy atom. The first-order valence-corrected chi connectivity index (χ1v) is 6.88. The molecule has 1 aromatic carbocycles. The van der Waals surface area contributed by atoms with E-state index in [0.29, 0.717) is 28.9 Å². The average Bonchev–Trinajstić information content (AvgIpc) is 2.41. The van der Waals surface area contributed by atoms with Crippen LogP contribution in [0.2, 0.25) is 0 Å². The van der Waals surface area contributed by atoms with Crippen molar-refractivity contribution < 1.29 is 14.3 Å². The SMILES string of the molecule is COCCNC(=O)C(C)NC(=O)c1cccc(N)c1Br. The van der Waals surface area contributed by atoms with E-state index in [2.05, 4.69) is 26.6 Å². The summed E-state index contributed by atoms with van der Waals surface area (Å²) in [6.45, 7) is 2.44. The summed E-state index contributed by atoms with van der Waals surface area (Å²) in [5.41, 5.74) is 6.57. The van der Waals surface area contributed by atoms with Gasteiger partial charge in [0.25, 0.3) is 5.91 Å². The summed E-state index contributed by atoms with van der Waals surface area (Å²) in [7, 11) is 1.55. The monoisotopic (exact) mass is 343 g/mol. The van der Waals surface area contributed by atoms with E-state index >= 15 is 0 Å². The molecule has 7 heteroatoms. The smallest absolute Gasteiger partial charge is 0.253 e. The lowest BCUT2D eigenvalue weighted by atomic mass is 10.1. The van der Waals surface area contributed by atoms with E-state index in [1.165, 1.54) is 0 Å². The van der Waals surface area contributed by atoms with Crippen molar-refractivity contribution in [2.45, 2.75) is 13.0 Å². The van der Waals surface area contributed by atoms with Gasteiger partial charge in [-0.25, -0.2) is 0 Å². The maximum Gasteiger partial charge on any atom is 0.253 e. The van der Waals surface area contributed by atoms with Crippen molar-refractivity contribution >= 4 is 33.4 Å². The summed E-state index contributed by atoms with van der Waals surface area (Å²) in [5.74, 6) is -0.631. The number of nitrogens with two attached hydrogens (primary N) is 1. The number of nitrogen functional groups attached to an aromatic ring is 1. The number of hydrogen-bond acceptors (Lipinski definition) is 4. The third-order valence-electron chi connectivity index (χ3n) is 2.62. The minimum absolute atomic E-state index is 0.268. The molecule has 110 valence electrons. The number of methoxy groups -OCH3 is 1.